The van der Waals surface area contributed by atoms with Crippen molar-refractivity contribution in [2.24, 2.45) is 0 Å². The Kier molecular flexibility index (Phi) is 3.34. The summed E-state index contributed by atoms with van der Waals surface area (Å²) in [5.41, 5.74) is 1.03. The van der Waals surface area contributed by atoms with Gasteiger partial charge in [0.05, 0.1) is 0 Å². The molecule has 0 unspecified atom stereocenters. The third-order valence-corrected chi connectivity index (χ3v) is 3.40. The zero-order valence-corrected chi connectivity index (χ0v) is 11.4. The topological polar surface area (TPSA) is 86.3 Å². The van der Waals surface area contributed by atoms with Crippen LogP contribution in [-0.2, 0) is 10.2 Å². The van der Waals surface area contributed by atoms with E-state index >= 15 is 0 Å². The summed E-state index contributed by atoms with van der Waals surface area (Å²) < 4.78 is 0. The normalized spacial score (nSPS) is 19.7. The third kappa shape index (κ3) is 2.62. The molecule has 0 aromatic carbocycles. The predicted molar refractivity (Wildman–Crippen MR) is 69.0 cm³/mol. The fourth-order valence-corrected chi connectivity index (χ4v) is 2.23. The standard InChI is InChI=1S/C13H19N3O3/c1-13(2,3)10-7-8(14-15-10)11(17)16-6-4-5-9(16)12(18)19/h7,9H,4-6H2,1-3H3,(H,14,15)(H,18,19)/t9-/m0/s1. The van der Waals surface area contributed by atoms with Gasteiger partial charge in [-0.3, -0.25) is 9.89 Å². The number of rotatable bonds is 2. The van der Waals surface area contributed by atoms with Crippen LogP contribution in [0.25, 0.3) is 0 Å². The molecule has 0 spiro atoms. The van der Waals surface area contributed by atoms with E-state index in [-0.39, 0.29) is 17.0 Å². The highest BCUT2D eigenvalue weighted by Gasteiger charge is 2.35. The molecule has 104 valence electrons. The largest absolute Gasteiger partial charge is 0.480 e. The average molecular weight is 265 g/mol. The van der Waals surface area contributed by atoms with Crippen molar-refractivity contribution >= 4 is 11.9 Å². The lowest BCUT2D eigenvalue weighted by Crippen LogP contribution is -2.40. The number of amides is 1. The number of hydrogen-bond acceptors (Lipinski definition) is 3. The summed E-state index contributed by atoms with van der Waals surface area (Å²) in [6, 6.07) is 0.988. The highest BCUT2D eigenvalue weighted by molar-refractivity contribution is 5.95. The molecule has 1 aromatic heterocycles. The van der Waals surface area contributed by atoms with Crippen LogP contribution in [0.3, 0.4) is 0 Å². The van der Waals surface area contributed by atoms with Crippen LogP contribution in [-0.4, -0.2) is 44.7 Å². The van der Waals surface area contributed by atoms with Crippen molar-refractivity contribution in [3.63, 3.8) is 0 Å². The lowest BCUT2D eigenvalue weighted by Gasteiger charge is -2.20. The molecule has 6 heteroatoms. The zero-order valence-electron chi connectivity index (χ0n) is 11.4. The van der Waals surface area contributed by atoms with Gasteiger partial charge in [-0.05, 0) is 18.9 Å². The molecule has 1 amide bonds. The Balaban J connectivity index is 2.20. The fraction of sp³-hybridized carbons (Fsp3) is 0.615. The summed E-state index contributed by atoms with van der Waals surface area (Å²) in [6.07, 6.45) is 1.23. The summed E-state index contributed by atoms with van der Waals surface area (Å²) in [6.45, 7) is 6.54. The van der Waals surface area contributed by atoms with E-state index in [0.29, 0.717) is 13.0 Å². The summed E-state index contributed by atoms with van der Waals surface area (Å²) in [4.78, 5) is 24.8. The number of H-pyrrole nitrogens is 1. The van der Waals surface area contributed by atoms with E-state index in [2.05, 4.69) is 10.2 Å². The van der Waals surface area contributed by atoms with E-state index in [1.54, 1.807) is 6.07 Å². The molecule has 1 atom stereocenters. The van der Waals surface area contributed by atoms with Gasteiger partial charge >= 0.3 is 5.97 Å². The maximum atomic E-state index is 12.3. The molecule has 2 rings (SSSR count). The zero-order chi connectivity index (χ0) is 14.2. The first-order chi connectivity index (χ1) is 8.80. The summed E-state index contributed by atoms with van der Waals surface area (Å²) >= 11 is 0. The van der Waals surface area contributed by atoms with E-state index in [1.807, 2.05) is 20.8 Å². The maximum Gasteiger partial charge on any atom is 0.326 e. The van der Waals surface area contributed by atoms with Crippen molar-refractivity contribution < 1.29 is 14.7 Å². The Morgan fingerprint density at radius 3 is 2.68 bits per heavy atom. The first-order valence-corrected chi connectivity index (χ1v) is 6.40. The van der Waals surface area contributed by atoms with Crippen molar-refractivity contribution in [2.45, 2.75) is 45.1 Å². The predicted octanol–water partition coefficient (Wildman–Crippen LogP) is 1.40. The van der Waals surface area contributed by atoms with Gasteiger partial charge in [-0.25, -0.2) is 4.79 Å². The van der Waals surface area contributed by atoms with Gasteiger partial charge in [0.25, 0.3) is 5.91 Å². The first kappa shape index (κ1) is 13.6. The van der Waals surface area contributed by atoms with Crippen LogP contribution in [0.2, 0.25) is 0 Å². The van der Waals surface area contributed by atoms with Gasteiger partial charge < -0.3 is 10.0 Å². The highest BCUT2D eigenvalue weighted by atomic mass is 16.4. The van der Waals surface area contributed by atoms with Crippen molar-refractivity contribution in [2.75, 3.05) is 6.54 Å². The molecular formula is C13H19N3O3. The number of nitrogens with one attached hydrogen (secondary N) is 1. The number of hydrogen-bond donors (Lipinski definition) is 2. The van der Waals surface area contributed by atoms with Gasteiger partial charge in [-0.1, -0.05) is 20.8 Å². The molecule has 2 N–H and O–H groups in total. The first-order valence-electron chi connectivity index (χ1n) is 6.40. The van der Waals surface area contributed by atoms with Crippen molar-refractivity contribution in [1.82, 2.24) is 15.1 Å². The summed E-state index contributed by atoms with van der Waals surface area (Å²) in [5.74, 6) is -1.26. The van der Waals surface area contributed by atoms with Crippen LogP contribution in [0.1, 0.15) is 49.8 Å². The van der Waals surface area contributed by atoms with E-state index in [1.165, 1.54) is 4.90 Å². The molecule has 0 radical (unpaired) electrons. The minimum absolute atomic E-state index is 0.122. The monoisotopic (exact) mass is 265 g/mol. The summed E-state index contributed by atoms with van der Waals surface area (Å²) in [5, 5.41) is 16.0. The lowest BCUT2D eigenvalue weighted by molar-refractivity contribution is -0.141. The van der Waals surface area contributed by atoms with Gasteiger partial charge in [0, 0.05) is 17.7 Å². The van der Waals surface area contributed by atoms with Gasteiger partial charge in [0.1, 0.15) is 11.7 Å². The van der Waals surface area contributed by atoms with Crippen molar-refractivity contribution in [1.29, 1.82) is 0 Å². The molecule has 2 heterocycles. The maximum absolute atomic E-state index is 12.3. The van der Waals surface area contributed by atoms with Crippen LogP contribution in [0.4, 0.5) is 0 Å². The van der Waals surface area contributed by atoms with Gasteiger partial charge in [-0.2, -0.15) is 5.10 Å². The highest BCUT2D eigenvalue weighted by Crippen LogP contribution is 2.23. The van der Waals surface area contributed by atoms with Gasteiger partial charge in [0.2, 0.25) is 0 Å². The number of aromatic amines is 1. The van der Waals surface area contributed by atoms with Crippen LogP contribution in [0.5, 0.6) is 0 Å². The Hall–Kier alpha value is -1.85. The van der Waals surface area contributed by atoms with E-state index in [0.717, 1.165) is 12.1 Å². The Morgan fingerprint density at radius 1 is 1.47 bits per heavy atom. The fourth-order valence-electron chi connectivity index (χ4n) is 2.23. The Labute approximate surface area is 111 Å². The molecule has 1 aliphatic rings. The van der Waals surface area contributed by atoms with E-state index in [4.69, 9.17) is 5.11 Å². The number of likely N-dealkylation sites (tertiary alicyclic amines) is 1. The third-order valence-electron chi connectivity index (χ3n) is 3.40. The van der Waals surface area contributed by atoms with E-state index in [9.17, 15) is 9.59 Å². The van der Waals surface area contributed by atoms with Gasteiger partial charge in [0.15, 0.2) is 0 Å². The Bertz CT molecular complexity index is 501. The molecule has 0 aliphatic carbocycles. The van der Waals surface area contributed by atoms with Crippen LogP contribution >= 0.6 is 0 Å². The molecule has 1 aromatic rings. The molecule has 1 fully saturated rings. The second-order valence-electron chi connectivity index (χ2n) is 5.91. The number of nitrogens with zero attached hydrogens (tertiary/aromatic N) is 2. The van der Waals surface area contributed by atoms with Crippen LogP contribution < -0.4 is 0 Å². The Morgan fingerprint density at radius 2 is 2.16 bits per heavy atom. The van der Waals surface area contributed by atoms with Crippen LogP contribution in [0.15, 0.2) is 6.07 Å². The van der Waals surface area contributed by atoms with Crippen molar-refractivity contribution in [3.05, 3.63) is 17.5 Å². The average Bonchev–Trinajstić information content (AvgIpc) is 2.96. The molecule has 1 aliphatic heterocycles. The number of aromatic nitrogens is 2. The molecule has 6 nitrogen and oxygen atoms in total. The quantitative estimate of drug-likeness (QED) is 0.846. The molecular weight excluding hydrogens is 246 g/mol. The SMILES string of the molecule is CC(C)(C)c1cc(C(=O)N2CCC[C@H]2C(=O)O)n[nH]1. The molecule has 0 saturated carbocycles. The lowest BCUT2D eigenvalue weighted by atomic mass is 9.92. The second-order valence-corrected chi connectivity index (χ2v) is 5.91. The smallest absolute Gasteiger partial charge is 0.326 e. The summed E-state index contributed by atoms with van der Waals surface area (Å²) in [7, 11) is 0. The minimum Gasteiger partial charge on any atom is -0.480 e. The van der Waals surface area contributed by atoms with Crippen molar-refractivity contribution in [3.8, 4) is 0 Å². The molecule has 0 bridgehead atoms. The number of carboxylic acid groups (broad SMARTS) is 1. The molecule has 19 heavy (non-hydrogen) atoms. The van der Waals surface area contributed by atoms with Crippen LogP contribution in [0, 0.1) is 0 Å². The number of aliphatic carboxylic acids is 1. The number of carbonyl (C=O) groups excluding carboxylic acids is 1. The number of carbonyl (C=O) groups is 2. The minimum atomic E-state index is -0.947. The number of carboxylic acids is 1. The van der Waals surface area contributed by atoms with Gasteiger partial charge in [-0.15, -0.1) is 0 Å². The molecule has 1 saturated heterocycles. The van der Waals surface area contributed by atoms with E-state index < -0.39 is 12.0 Å². The second kappa shape index (κ2) is 4.68.